The number of hydrogen-bond acceptors (Lipinski definition) is 3. The van der Waals surface area contributed by atoms with Crippen molar-refractivity contribution in [3.8, 4) is 11.5 Å². The first kappa shape index (κ1) is 24.2. The number of amides is 1. The summed E-state index contributed by atoms with van der Waals surface area (Å²) in [6.07, 6.45) is -4.43. The Hall–Kier alpha value is -3.48. The summed E-state index contributed by atoms with van der Waals surface area (Å²) < 4.78 is 49.4. The first-order valence-electron chi connectivity index (χ1n) is 10.4. The van der Waals surface area contributed by atoms with Crippen LogP contribution in [0.3, 0.4) is 0 Å². The Morgan fingerprint density at radius 1 is 0.879 bits per heavy atom. The second kappa shape index (κ2) is 9.57. The minimum Gasteiger partial charge on any atom is -0.496 e. The van der Waals surface area contributed by atoms with Crippen molar-refractivity contribution >= 4 is 11.6 Å². The summed E-state index contributed by atoms with van der Waals surface area (Å²) in [4.78, 5) is 12.6. The number of halogens is 3. The number of alkyl halides is 3. The third kappa shape index (κ3) is 6.28. The van der Waals surface area contributed by atoms with Gasteiger partial charge in [-0.2, -0.15) is 13.2 Å². The predicted molar refractivity (Wildman–Crippen MR) is 122 cm³/mol. The minimum absolute atomic E-state index is 0.0382. The normalized spacial score (nSPS) is 11.7. The zero-order valence-corrected chi connectivity index (χ0v) is 18.9. The summed E-state index contributed by atoms with van der Waals surface area (Å²) in [7, 11) is 1.53. The molecule has 0 fully saturated rings. The molecule has 0 heterocycles. The third-order valence-corrected chi connectivity index (χ3v) is 5.13. The fourth-order valence-electron chi connectivity index (χ4n) is 3.19. The number of benzene rings is 3. The van der Waals surface area contributed by atoms with E-state index < -0.39 is 17.6 Å². The SMILES string of the molecule is COc1ccc(C(=O)Nc2ccc(C(F)(F)F)cc2)cc1COc1ccc(C(C)(C)C)cc1. The fourth-order valence-corrected chi connectivity index (χ4v) is 3.19. The molecule has 33 heavy (non-hydrogen) atoms. The molecule has 0 aromatic heterocycles. The molecule has 1 amide bonds. The molecule has 3 aromatic rings. The molecule has 174 valence electrons. The lowest BCUT2D eigenvalue weighted by Gasteiger charge is -2.19. The van der Waals surface area contributed by atoms with Gasteiger partial charge in [0.05, 0.1) is 12.7 Å². The Balaban J connectivity index is 1.71. The molecule has 0 aliphatic carbocycles. The van der Waals surface area contributed by atoms with Crippen molar-refractivity contribution in [3.05, 3.63) is 89.0 Å². The molecular formula is C26H26F3NO3. The lowest BCUT2D eigenvalue weighted by Crippen LogP contribution is -2.13. The maximum atomic E-state index is 12.7. The van der Waals surface area contributed by atoms with E-state index in [0.29, 0.717) is 22.6 Å². The van der Waals surface area contributed by atoms with Gasteiger partial charge in [-0.25, -0.2) is 0 Å². The fraction of sp³-hybridized carbons (Fsp3) is 0.269. The average Bonchev–Trinajstić information content (AvgIpc) is 2.77. The molecule has 0 radical (unpaired) electrons. The van der Waals surface area contributed by atoms with Crippen LogP contribution in [0.15, 0.2) is 66.7 Å². The molecule has 0 saturated heterocycles. The maximum absolute atomic E-state index is 12.7. The first-order valence-corrected chi connectivity index (χ1v) is 10.4. The van der Waals surface area contributed by atoms with E-state index in [9.17, 15) is 18.0 Å². The lowest BCUT2D eigenvalue weighted by molar-refractivity contribution is -0.137. The number of hydrogen-bond donors (Lipinski definition) is 1. The van der Waals surface area contributed by atoms with Crippen molar-refractivity contribution in [2.75, 3.05) is 12.4 Å². The summed E-state index contributed by atoms with van der Waals surface area (Å²) in [5.74, 6) is 0.797. The molecule has 1 N–H and O–H groups in total. The van der Waals surface area contributed by atoms with E-state index in [2.05, 4.69) is 26.1 Å². The van der Waals surface area contributed by atoms with Crippen LogP contribution in [0.2, 0.25) is 0 Å². The molecule has 7 heteroatoms. The summed E-state index contributed by atoms with van der Waals surface area (Å²) in [6, 6.07) is 17.0. The van der Waals surface area contributed by atoms with Gasteiger partial charge < -0.3 is 14.8 Å². The highest BCUT2D eigenvalue weighted by atomic mass is 19.4. The van der Waals surface area contributed by atoms with Crippen molar-refractivity contribution < 1.29 is 27.4 Å². The van der Waals surface area contributed by atoms with E-state index in [1.165, 1.54) is 24.8 Å². The van der Waals surface area contributed by atoms with Crippen molar-refractivity contribution in [2.45, 2.75) is 39.0 Å². The van der Waals surface area contributed by atoms with Crippen LogP contribution in [-0.4, -0.2) is 13.0 Å². The molecule has 0 spiro atoms. The lowest BCUT2D eigenvalue weighted by atomic mass is 9.87. The summed E-state index contributed by atoms with van der Waals surface area (Å²) in [6.45, 7) is 6.58. The van der Waals surface area contributed by atoms with E-state index in [0.717, 1.165) is 12.1 Å². The molecule has 0 unspecified atom stereocenters. The van der Waals surface area contributed by atoms with Gasteiger partial charge in [0.2, 0.25) is 0 Å². The predicted octanol–water partition coefficient (Wildman–Crippen LogP) is 6.84. The van der Waals surface area contributed by atoms with Crippen LogP contribution in [0, 0.1) is 0 Å². The van der Waals surface area contributed by atoms with Gasteiger partial charge >= 0.3 is 6.18 Å². The third-order valence-electron chi connectivity index (χ3n) is 5.13. The van der Waals surface area contributed by atoms with E-state index in [4.69, 9.17) is 9.47 Å². The van der Waals surface area contributed by atoms with Crippen LogP contribution < -0.4 is 14.8 Å². The van der Waals surface area contributed by atoms with E-state index >= 15 is 0 Å². The number of ether oxygens (including phenoxy) is 2. The second-order valence-corrected chi connectivity index (χ2v) is 8.62. The van der Waals surface area contributed by atoms with Crippen LogP contribution in [0.5, 0.6) is 11.5 Å². The minimum atomic E-state index is -4.43. The summed E-state index contributed by atoms with van der Waals surface area (Å²) in [5, 5.41) is 2.61. The van der Waals surface area contributed by atoms with Gasteiger partial charge in [-0.1, -0.05) is 32.9 Å². The molecular weight excluding hydrogens is 431 g/mol. The zero-order valence-electron chi connectivity index (χ0n) is 18.9. The van der Waals surface area contributed by atoms with Gasteiger partial charge in [0.1, 0.15) is 18.1 Å². The van der Waals surface area contributed by atoms with Gasteiger partial charge in [-0.15, -0.1) is 0 Å². The van der Waals surface area contributed by atoms with Gasteiger partial charge in [0.15, 0.2) is 0 Å². The number of methoxy groups -OCH3 is 1. The highest BCUT2D eigenvalue weighted by molar-refractivity contribution is 6.04. The average molecular weight is 457 g/mol. The van der Waals surface area contributed by atoms with E-state index in [1.807, 2.05) is 24.3 Å². The number of carbonyl (C=O) groups is 1. The van der Waals surface area contributed by atoms with Crippen LogP contribution >= 0.6 is 0 Å². The van der Waals surface area contributed by atoms with Crippen molar-refractivity contribution in [2.24, 2.45) is 0 Å². The Bertz CT molecular complexity index is 1100. The molecule has 0 aliphatic rings. The van der Waals surface area contributed by atoms with Crippen LogP contribution in [-0.2, 0) is 18.2 Å². The van der Waals surface area contributed by atoms with Crippen LogP contribution in [0.4, 0.5) is 18.9 Å². The molecule has 0 saturated carbocycles. The van der Waals surface area contributed by atoms with Crippen LogP contribution in [0.1, 0.15) is 47.8 Å². The Morgan fingerprint density at radius 2 is 1.48 bits per heavy atom. The largest absolute Gasteiger partial charge is 0.496 e. The van der Waals surface area contributed by atoms with Gasteiger partial charge in [0.25, 0.3) is 5.91 Å². The standard InChI is InChI=1S/C26H26F3NO3/c1-25(2,3)19-8-12-22(13-9-19)33-16-18-15-17(5-14-23(18)32-4)24(31)30-21-10-6-20(7-11-21)26(27,28)29/h5-15H,16H2,1-4H3,(H,30,31). The van der Waals surface area contributed by atoms with Crippen molar-refractivity contribution in [1.29, 1.82) is 0 Å². The molecule has 0 bridgehead atoms. The van der Waals surface area contributed by atoms with Gasteiger partial charge in [0, 0.05) is 16.8 Å². The zero-order chi connectivity index (χ0) is 24.2. The van der Waals surface area contributed by atoms with E-state index in [1.54, 1.807) is 18.2 Å². The van der Waals surface area contributed by atoms with Crippen LogP contribution in [0.25, 0.3) is 0 Å². The molecule has 0 aliphatic heterocycles. The number of nitrogens with one attached hydrogen (secondary N) is 1. The van der Waals surface area contributed by atoms with Crippen molar-refractivity contribution in [3.63, 3.8) is 0 Å². The number of carbonyl (C=O) groups excluding carboxylic acids is 1. The Labute approximate surface area is 191 Å². The Kier molecular flexibility index (Phi) is 7.01. The van der Waals surface area contributed by atoms with Crippen molar-refractivity contribution in [1.82, 2.24) is 0 Å². The number of rotatable bonds is 6. The summed E-state index contributed by atoms with van der Waals surface area (Å²) in [5.41, 5.74) is 1.71. The van der Waals surface area contributed by atoms with Gasteiger partial charge in [-0.3, -0.25) is 4.79 Å². The van der Waals surface area contributed by atoms with Gasteiger partial charge in [-0.05, 0) is 65.6 Å². The molecule has 3 aromatic carbocycles. The number of anilines is 1. The molecule has 4 nitrogen and oxygen atoms in total. The quantitative estimate of drug-likeness (QED) is 0.441. The molecule has 0 atom stereocenters. The molecule has 3 rings (SSSR count). The summed E-state index contributed by atoms with van der Waals surface area (Å²) >= 11 is 0. The topological polar surface area (TPSA) is 47.6 Å². The van der Waals surface area contributed by atoms with E-state index in [-0.39, 0.29) is 17.7 Å². The maximum Gasteiger partial charge on any atom is 0.416 e. The second-order valence-electron chi connectivity index (χ2n) is 8.62. The first-order chi connectivity index (χ1) is 15.5. The monoisotopic (exact) mass is 457 g/mol. The highest BCUT2D eigenvalue weighted by Crippen LogP contribution is 2.30. The highest BCUT2D eigenvalue weighted by Gasteiger charge is 2.30. The smallest absolute Gasteiger partial charge is 0.416 e. The Morgan fingerprint density at radius 3 is 2.03 bits per heavy atom.